The number of ether oxygens (including phenoxy) is 1. The van der Waals surface area contributed by atoms with Crippen LogP contribution in [-0.2, 0) is 11.8 Å². The number of hydrogen-bond donors (Lipinski definition) is 1. The van der Waals surface area contributed by atoms with Gasteiger partial charge in [-0.2, -0.15) is 14.6 Å². The Morgan fingerprint density at radius 2 is 2.22 bits per heavy atom. The molecule has 138 valence electrons. The van der Waals surface area contributed by atoms with E-state index in [9.17, 15) is 0 Å². The van der Waals surface area contributed by atoms with Crippen LogP contribution in [-0.4, -0.2) is 55.1 Å². The molecule has 1 saturated heterocycles. The lowest BCUT2D eigenvalue weighted by molar-refractivity contribution is 0.0986. The fraction of sp³-hybridized carbons (Fsp3) is 0.333. The molecule has 1 atom stereocenters. The molecule has 1 N–H and O–H groups in total. The molecule has 0 radical (unpaired) electrons. The van der Waals surface area contributed by atoms with Gasteiger partial charge in [0.1, 0.15) is 17.0 Å². The van der Waals surface area contributed by atoms with Crippen molar-refractivity contribution in [3.05, 3.63) is 30.6 Å². The van der Waals surface area contributed by atoms with E-state index in [1.165, 1.54) is 11.5 Å². The highest BCUT2D eigenvalue weighted by Crippen LogP contribution is 2.38. The minimum absolute atomic E-state index is 0.269. The first-order valence-electron chi connectivity index (χ1n) is 8.85. The molecule has 0 aliphatic carbocycles. The van der Waals surface area contributed by atoms with Gasteiger partial charge in [0, 0.05) is 31.5 Å². The van der Waals surface area contributed by atoms with E-state index in [2.05, 4.69) is 37.6 Å². The van der Waals surface area contributed by atoms with Gasteiger partial charge in [0.2, 0.25) is 0 Å². The summed E-state index contributed by atoms with van der Waals surface area (Å²) >= 11 is 1.46. The molecule has 27 heavy (non-hydrogen) atoms. The number of nitrogens with zero attached hydrogens (tertiary/aromatic N) is 6. The number of aromatic nitrogens is 6. The summed E-state index contributed by atoms with van der Waals surface area (Å²) in [5, 5.41) is 11.4. The van der Waals surface area contributed by atoms with E-state index >= 15 is 0 Å². The second kappa shape index (κ2) is 6.43. The summed E-state index contributed by atoms with van der Waals surface area (Å²) in [7, 11) is 1.95. The van der Waals surface area contributed by atoms with E-state index in [-0.39, 0.29) is 6.04 Å². The number of H-pyrrole nitrogens is 1. The van der Waals surface area contributed by atoms with Crippen LogP contribution in [0.1, 0.15) is 6.92 Å². The number of morpholine rings is 1. The Bertz CT molecular complexity index is 1080. The van der Waals surface area contributed by atoms with E-state index in [0.29, 0.717) is 13.2 Å². The van der Waals surface area contributed by atoms with Crippen molar-refractivity contribution in [1.82, 2.24) is 29.3 Å². The van der Waals surface area contributed by atoms with E-state index in [4.69, 9.17) is 9.72 Å². The van der Waals surface area contributed by atoms with E-state index in [1.807, 2.05) is 30.1 Å². The van der Waals surface area contributed by atoms with Crippen molar-refractivity contribution < 1.29 is 4.74 Å². The highest BCUT2D eigenvalue weighted by atomic mass is 32.1. The fourth-order valence-electron chi connectivity index (χ4n) is 3.51. The molecule has 1 aliphatic heterocycles. The Hall–Kier alpha value is -2.78. The van der Waals surface area contributed by atoms with E-state index in [1.54, 1.807) is 6.20 Å². The van der Waals surface area contributed by atoms with Crippen molar-refractivity contribution in [3.8, 4) is 22.6 Å². The zero-order valence-corrected chi connectivity index (χ0v) is 15.9. The van der Waals surface area contributed by atoms with Gasteiger partial charge in [-0.05, 0) is 36.7 Å². The predicted molar refractivity (Wildman–Crippen MR) is 105 cm³/mol. The van der Waals surface area contributed by atoms with Crippen molar-refractivity contribution >= 4 is 27.6 Å². The topological polar surface area (TPSA) is 84.8 Å². The Balaban J connectivity index is 1.76. The molecule has 0 saturated carbocycles. The smallest absolute Gasteiger partial charge is 0.130 e. The Kier molecular flexibility index (Phi) is 3.91. The summed E-state index contributed by atoms with van der Waals surface area (Å²) in [6.07, 6.45) is 3.55. The van der Waals surface area contributed by atoms with Crippen LogP contribution in [0.3, 0.4) is 0 Å². The second-order valence-corrected chi connectivity index (χ2v) is 7.44. The predicted octanol–water partition coefficient (Wildman–Crippen LogP) is 2.71. The lowest BCUT2D eigenvalue weighted by Gasteiger charge is -2.34. The highest BCUT2D eigenvalue weighted by Gasteiger charge is 2.24. The quantitative estimate of drug-likeness (QED) is 0.587. The van der Waals surface area contributed by atoms with Crippen LogP contribution >= 0.6 is 11.5 Å². The summed E-state index contributed by atoms with van der Waals surface area (Å²) in [5.41, 5.74) is 4.73. The van der Waals surface area contributed by atoms with Gasteiger partial charge < -0.3 is 9.64 Å². The summed E-state index contributed by atoms with van der Waals surface area (Å²) < 4.78 is 13.2. The third kappa shape index (κ3) is 2.70. The molecule has 4 aromatic rings. The minimum Gasteiger partial charge on any atom is -0.377 e. The summed E-state index contributed by atoms with van der Waals surface area (Å²) in [5.74, 6) is 0.940. The number of anilines is 1. The SMILES string of the molecule is CC1COCCN1c1cc(-c2ccnn2C)c2snc(-c3ccn[nH]3)c2n1. The maximum Gasteiger partial charge on any atom is 0.130 e. The molecule has 0 amide bonds. The number of hydrogen-bond acceptors (Lipinski definition) is 7. The molecule has 1 fully saturated rings. The van der Waals surface area contributed by atoms with Gasteiger partial charge in [0.05, 0.1) is 35.3 Å². The maximum atomic E-state index is 5.60. The number of aryl methyl sites for hydroxylation is 1. The van der Waals surface area contributed by atoms with E-state index in [0.717, 1.165) is 45.2 Å². The number of rotatable bonds is 3. The number of aromatic amines is 1. The molecular formula is C18H19N7OS. The van der Waals surface area contributed by atoms with Crippen LogP contribution in [0.25, 0.3) is 32.9 Å². The summed E-state index contributed by atoms with van der Waals surface area (Å²) in [4.78, 5) is 7.31. The molecule has 1 unspecified atom stereocenters. The third-order valence-corrected chi connectivity index (χ3v) is 5.80. The van der Waals surface area contributed by atoms with Crippen LogP contribution in [0.5, 0.6) is 0 Å². The second-order valence-electron chi connectivity index (χ2n) is 6.66. The van der Waals surface area contributed by atoms with Crippen molar-refractivity contribution in [2.75, 3.05) is 24.7 Å². The van der Waals surface area contributed by atoms with Gasteiger partial charge >= 0.3 is 0 Å². The first-order valence-corrected chi connectivity index (χ1v) is 9.62. The van der Waals surface area contributed by atoms with Gasteiger partial charge in [-0.15, -0.1) is 0 Å². The lowest BCUT2D eigenvalue weighted by Crippen LogP contribution is -2.44. The largest absolute Gasteiger partial charge is 0.377 e. The highest BCUT2D eigenvalue weighted by molar-refractivity contribution is 7.14. The molecular weight excluding hydrogens is 362 g/mol. The Labute approximate surface area is 160 Å². The fourth-order valence-corrected chi connectivity index (χ4v) is 4.37. The van der Waals surface area contributed by atoms with Crippen molar-refractivity contribution in [1.29, 1.82) is 0 Å². The molecule has 5 heterocycles. The van der Waals surface area contributed by atoms with Crippen LogP contribution < -0.4 is 4.90 Å². The molecule has 0 bridgehead atoms. The number of pyridine rings is 1. The maximum absolute atomic E-state index is 5.60. The average molecular weight is 381 g/mol. The molecule has 4 aromatic heterocycles. The van der Waals surface area contributed by atoms with Crippen molar-refractivity contribution in [2.45, 2.75) is 13.0 Å². The van der Waals surface area contributed by atoms with Gasteiger partial charge in [-0.3, -0.25) is 9.78 Å². The zero-order chi connectivity index (χ0) is 18.4. The van der Waals surface area contributed by atoms with Crippen LogP contribution in [0, 0.1) is 0 Å². The number of nitrogens with one attached hydrogen (secondary N) is 1. The first-order chi connectivity index (χ1) is 13.2. The van der Waals surface area contributed by atoms with Crippen LogP contribution in [0.4, 0.5) is 5.82 Å². The summed E-state index contributed by atoms with van der Waals surface area (Å²) in [6.45, 7) is 4.40. The molecule has 9 heteroatoms. The third-order valence-electron chi connectivity index (χ3n) is 4.93. The average Bonchev–Trinajstić information content (AvgIpc) is 3.41. The zero-order valence-electron chi connectivity index (χ0n) is 15.1. The standard InChI is InChI=1S/C18H19N7OS/c1-11-10-26-8-7-25(11)15-9-12(14-4-6-20-24(14)2)18-17(21-15)16(23-27-18)13-3-5-19-22-13/h3-6,9,11H,7-8,10H2,1-2H3,(H,19,22). The molecule has 1 aliphatic rings. The van der Waals surface area contributed by atoms with Crippen molar-refractivity contribution in [3.63, 3.8) is 0 Å². The summed E-state index contributed by atoms with van der Waals surface area (Å²) in [6, 6.07) is 6.36. The first kappa shape index (κ1) is 16.4. The normalized spacial score (nSPS) is 17.7. The minimum atomic E-state index is 0.269. The van der Waals surface area contributed by atoms with E-state index < -0.39 is 0 Å². The lowest BCUT2D eigenvalue weighted by atomic mass is 10.1. The van der Waals surface area contributed by atoms with Crippen molar-refractivity contribution in [2.24, 2.45) is 7.05 Å². The molecule has 0 aromatic carbocycles. The van der Waals surface area contributed by atoms with Crippen LogP contribution in [0.2, 0.25) is 0 Å². The molecule has 8 nitrogen and oxygen atoms in total. The molecule has 5 rings (SSSR count). The van der Waals surface area contributed by atoms with Gasteiger partial charge in [-0.25, -0.2) is 4.98 Å². The van der Waals surface area contributed by atoms with Crippen LogP contribution in [0.15, 0.2) is 30.6 Å². The van der Waals surface area contributed by atoms with Gasteiger partial charge in [0.25, 0.3) is 0 Å². The monoisotopic (exact) mass is 381 g/mol. The Morgan fingerprint density at radius 1 is 1.30 bits per heavy atom. The Morgan fingerprint density at radius 3 is 2.96 bits per heavy atom. The van der Waals surface area contributed by atoms with Gasteiger partial charge in [-0.1, -0.05) is 0 Å². The molecule has 0 spiro atoms. The number of fused-ring (bicyclic) bond motifs is 1. The van der Waals surface area contributed by atoms with Gasteiger partial charge in [0.15, 0.2) is 0 Å².